The van der Waals surface area contributed by atoms with Crippen LogP contribution in [0.1, 0.15) is 0 Å². The highest BCUT2D eigenvalue weighted by atomic mass is 32.1. The lowest BCUT2D eigenvalue weighted by atomic mass is 10.0. The summed E-state index contributed by atoms with van der Waals surface area (Å²) in [5, 5.41) is 4.39. The first-order valence-corrected chi connectivity index (χ1v) is 21.8. The molecule has 0 aliphatic carbocycles. The summed E-state index contributed by atoms with van der Waals surface area (Å²) in [6.45, 7) is 0. The zero-order valence-electron chi connectivity index (χ0n) is 33.9. The van der Waals surface area contributed by atoms with E-state index in [4.69, 9.17) is 19.4 Å². The number of hydrogen-bond acceptors (Lipinski definition) is 6. The van der Waals surface area contributed by atoms with Gasteiger partial charge < -0.3 is 9.32 Å². The minimum Gasteiger partial charge on any atom is -0.455 e. The molecule has 0 N–H and O–H groups in total. The van der Waals surface area contributed by atoms with Gasteiger partial charge in [-0.3, -0.25) is 0 Å². The van der Waals surface area contributed by atoms with E-state index in [1.165, 1.54) is 31.3 Å². The Morgan fingerprint density at radius 3 is 1.51 bits per heavy atom. The van der Waals surface area contributed by atoms with Crippen molar-refractivity contribution in [3.8, 4) is 56.4 Å². The molecular formula is C57H36N4OS. The van der Waals surface area contributed by atoms with Gasteiger partial charge in [0.25, 0.3) is 0 Å². The second-order valence-electron chi connectivity index (χ2n) is 15.6. The molecule has 12 aromatic rings. The Balaban J connectivity index is 1.06. The molecule has 12 rings (SSSR count). The van der Waals surface area contributed by atoms with Gasteiger partial charge in [0.05, 0.1) is 16.6 Å². The molecule has 296 valence electrons. The van der Waals surface area contributed by atoms with Crippen molar-refractivity contribution in [2.75, 3.05) is 4.90 Å². The number of hydrogen-bond donors (Lipinski definition) is 0. The molecule has 3 heterocycles. The van der Waals surface area contributed by atoms with Crippen LogP contribution in [-0.2, 0) is 0 Å². The summed E-state index contributed by atoms with van der Waals surface area (Å²) in [7, 11) is 0. The van der Waals surface area contributed by atoms with E-state index in [-0.39, 0.29) is 0 Å². The van der Waals surface area contributed by atoms with Crippen LogP contribution in [0.4, 0.5) is 17.1 Å². The molecule has 0 aliphatic rings. The topological polar surface area (TPSA) is 55.1 Å². The Morgan fingerprint density at radius 1 is 0.365 bits per heavy atom. The Kier molecular flexibility index (Phi) is 8.94. The van der Waals surface area contributed by atoms with E-state index in [0.29, 0.717) is 23.1 Å². The van der Waals surface area contributed by atoms with Crippen molar-refractivity contribution in [3.05, 3.63) is 218 Å². The van der Waals surface area contributed by atoms with Crippen LogP contribution in [0.3, 0.4) is 0 Å². The van der Waals surface area contributed by atoms with E-state index in [2.05, 4.69) is 181 Å². The van der Waals surface area contributed by atoms with Crippen molar-refractivity contribution in [2.24, 2.45) is 0 Å². The van der Waals surface area contributed by atoms with Gasteiger partial charge in [0.2, 0.25) is 0 Å². The fraction of sp³-hybridized carbons (Fsp3) is 0. The highest BCUT2D eigenvalue weighted by molar-refractivity contribution is 7.25. The molecule has 0 radical (unpaired) electrons. The first-order chi connectivity index (χ1) is 31.2. The zero-order chi connectivity index (χ0) is 41.7. The molecule has 63 heavy (non-hydrogen) atoms. The largest absolute Gasteiger partial charge is 0.455 e. The number of anilines is 3. The van der Waals surface area contributed by atoms with Gasteiger partial charge in [-0.2, -0.15) is 0 Å². The maximum Gasteiger partial charge on any atom is 0.167 e. The molecule has 0 saturated heterocycles. The quantitative estimate of drug-likeness (QED) is 0.153. The SMILES string of the molecule is c1ccc(-c2ccc(N(c3ccc(-c4ccccc4)cc3)c3ccc(-c4nc(-c5ccccc5)nc(-c5ccc6sc7ccccc7c6c5)n4)c4oc5ccccc5c34)cc2)cc1. The minimum absolute atomic E-state index is 0.538. The van der Waals surface area contributed by atoms with Crippen LogP contribution < -0.4 is 4.90 Å². The normalized spacial score (nSPS) is 11.5. The van der Waals surface area contributed by atoms with Crippen LogP contribution in [0.5, 0.6) is 0 Å². The highest BCUT2D eigenvalue weighted by Gasteiger charge is 2.24. The van der Waals surface area contributed by atoms with Crippen LogP contribution in [0, 0.1) is 0 Å². The standard InChI is InChI=1S/C57H36N4OS/c1-4-14-37(15-5-1)39-24-29-43(30-25-39)61(44-31-26-40(27-32-44)38-16-6-2-7-17-38)49-34-33-47(54-53(49)46-21-10-12-22-50(46)62-54)57-59-55(41-18-8-3-9-19-41)58-56(60-57)42-28-35-52-48(36-42)45-20-11-13-23-51(45)63-52/h1-36H. The lowest BCUT2D eigenvalue weighted by molar-refractivity contribution is 0.669. The van der Waals surface area contributed by atoms with Gasteiger partial charge in [-0.05, 0) is 89.0 Å². The molecule has 0 bridgehead atoms. The van der Waals surface area contributed by atoms with Gasteiger partial charge >= 0.3 is 0 Å². The predicted molar refractivity (Wildman–Crippen MR) is 262 cm³/mol. The number of thiophene rings is 1. The third kappa shape index (κ3) is 6.61. The summed E-state index contributed by atoms with van der Waals surface area (Å²) in [6, 6.07) is 76.3. The van der Waals surface area contributed by atoms with E-state index < -0.39 is 0 Å². The number of rotatable bonds is 8. The van der Waals surface area contributed by atoms with Gasteiger partial charge in [-0.25, -0.2) is 15.0 Å². The van der Waals surface area contributed by atoms with E-state index in [1.54, 1.807) is 11.3 Å². The molecule has 9 aromatic carbocycles. The average Bonchev–Trinajstić information content (AvgIpc) is 3.94. The molecular weight excluding hydrogens is 789 g/mol. The van der Waals surface area contributed by atoms with Gasteiger partial charge in [0.1, 0.15) is 11.2 Å². The van der Waals surface area contributed by atoms with Crippen molar-refractivity contribution >= 4 is 70.5 Å². The maximum atomic E-state index is 6.92. The molecule has 0 spiro atoms. The summed E-state index contributed by atoms with van der Waals surface area (Å²) >= 11 is 1.80. The molecule has 0 fully saturated rings. The van der Waals surface area contributed by atoms with Gasteiger partial charge in [0, 0.05) is 48.1 Å². The van der Waals surface area contributed by atoms with Crippen molar-refractivity contribution < 1.29 is 4.42 Å². The fourth-order valence-corrected chi connectivity index (χ4v) is 9.76. The summed E-state index contributed by atoms with van der Waals surface area (Å²) in [5.74, 6) is 1.73. The Labute approximate surface area is 367 Å². The summed E-state index contributed by atoms with van der Waals surface area (Å²) in [6.07, 6.45) is 0. The molecule has 6 heteroatoms. The number of fused-ring (bicyclic) bond motifs is 6. The third-order valence-corrected chi connectivity index (χ3v) is 12.9. The summed E-state index contributed by atoms with van der Waals surface area (Å²) in [4.78, 5) is 17.9. The van der Waals surface area contributed by atoms with E-state index in [9.17, 15) is 0 Å². The van der Waals surface area contributed by atoms with Gasteiger partial charge in [0.15, 0.2) is 17.5 Å². The van der Waals surface area contributed by atoms with Crippen LogP contribution in [0.25, 0.3) is 98.5 Å². The molecule has 0 saturated carbocycles. The number of nitrogens with zero attached hydrogens (tertiary/aromatic N) is 4. The third-order valence-electron chi connectivity index (χ3n) is 11.8. The lowest BCUT2D eigenvalue weighted by Crippen LogP contribution is -2.10. The van der Waals surface area contributed by atoms with Gasteiger partial charge in [-0.1, -0.05) is 152 Å². The van der Waals surface area contributed by atoms with Crippen LogP contribution >= 0.6 is 11.3 Å². The monoisotopic (exact) mass is 824 g/mol. The van der Waals surface area contributed by atoms with Crippen molar-refractivity contribution in [1.29, 1.82) is 0 Å². The van der Waals surface area contributed by atoms with E-state index in [1.807, 2.05) is 42.5 Å². The van der Waals surface area contributed by atoms with Crippen LogP contribution in [-0.4, -0.2) is 15.0 Å². The van der Waals surface area contributed by atoms with E-state index in [0.717, 1.165) is 61.2 Å². The summed E-state index contributed by atoms with van der Waals surface area (Å²) in [5.41, 5.74) is 11.8. The van der Waals surface area contributed by atoms with Crippen LogP contribution in [0.2, 0.25) is 0 Å². The smallest absolute Gasteiger partial charge is 0.167 e. The Morgan fingerprint density at radius 2 is 0.857 bits per heavy atom. The molecule has 0 unspecified atom stereocenters. The first-order valence-electron chi connectivity index (χ1n) is 21.0. The number of benzene rings is 9. The Bertz CT molecular complexity index is 3520. The van der Waals surface area contributed by atoms with Crippen molar-refractivity contribution in [3.63, 3.8) is 0 Å². The lowest BCUT2D eigenvalue weighted by Gasteiger charge is -2.27. The predicted octanol–water partition coefficient (Wildman–Crippen LogP) is 15.9. The zero-order valence-corrected chi connectivity index (χ0v) is 34.7. The van der Waals surface area contributed by atoms with Crippen molar-refractivity contribution in [2.45, 2.75) is 0 Å². The highest BCUT2D eigenvalue weighted by Crippen LogP contribution is 2.46. The van der Waals surface area contributed by atoms with Crippen LogP contribution in [0.15, 0.2) is 223 Å². The molecule has 3 aromatic heterocycles. The Hall–Kier alpha value is -8.19. The van der Waals surface area contributed by atoms with Gasteiger partial charge in [-0.15, -0.1) is 11.3 Å². The average molecular weight is 825 g/mol. The minimum atomic E-state index is 0.538. The second kappa shape index (κ2) is 15.4. The molecule has 0 aliphatic heterocycles. The number of para-hydroxylation sites is 1. The maximum absolute atomic E-state index is 6.92. The van der Waals surface area contributed by atoms with Crippen molar-refractivity contribution in [1.82, 2.24) is 15.0 Å². The number of furan rings is 1. The second-order valence-corrected chi connectivity index (χ2v) is 16.7. The number of aromatic nitrogens is 3. The fourth-order valence-electron chi connectivity index (χ4n) is 8.67. The first kappa shape index (κ1) is 36.6. The summed E-state index contributed by atoms with van der Waals surface area (Å²) < 4.78 is 9.40. The van der Waals surface area contributed by atoms with E-state index >= 15 is 0 Å². The molecule has 5 nitrogen and oxygen atoms in total. The molecule has 0 amide bonds. The molecule has 0 atom stereocenters.